The van der Waals surface area contributed by atoms with Gasteiger partial charge in [0.15, 0.2) is 5.75 Å². The number of carbonyl (C=O) groups is 1. The quantitative estimate of drug-likeness (QED) is 0.811. The van der Waals surface area contributed by atoms with E-state index in [1.54, 1.807) is 17.2 Å². The van der Waals surface area contributed by atoms with Crippen molar-refractivity contribution >= 4 is 6.09 Å². The maximum Gasteiger partial charge on any atom is 0.410 e. The number of aromatic nitrogens is 1. The minimum atomic E-state index is -0.513. The molecule has 1 aliphatic rings. The second-order valence-electron chi connectivity index (χ2n) is 9.30. The van der Waals surface area contributed by atoms with E-state index in [9.17, 15) is 14.7 Å². The number of ether oxygens (including phenoxy) is 1. The average molecular weight is 428 g/mol. The summed E-state index contributed by atoms with van der Waals surface area (Å²) in [6, 6.07) is 7.94. The lowest BCUT2D eigenvalue weighted by Gasteiger charge is -2.35. The Bertz CT molecular complexity index is 999. The molecule has 1 saturated heterocycles. The second kappa shape index (κ2) is 9.14. The smallest absolute Gasteiger partial charge is 0.410 e. The fourth-order valence-electron chi connectivity index (χ4n) is 3.71. The molecule has 1 amide bonds. The van der Waals surface area contributed by atoms with Crippen molar-refractivity contribution in [3.05, 3.63) is 63.1 Å². The monoisotopic (exact) mass is 427 g/mol. The van der Waals surface area contributed by atoms with Crippen LogP contribution < -0.4 is 5.56 Å². The first-order chi connectivity index (χ1) is 14.5. The molecule has 0 atom stereocenters. The fourth-order valence-corrected chi connectivity index (χ4v) is 3.71. The lowest BCUT2D eigenvalue weighted by atomic mass is 10.1. The molecule has 2 heterocycles. The topological polar surface area (TPSA) is 75.0 Å². The summed E-state index contributed by atoms with van der Waals surface area (Å²) in [5, 5.41) is 10.5. The van der Waals surface area contributed by atoms with Gasteiger partial charge in [-0.2, -0.15) is 0 Å². The van der Waals surface area contributed by atoms with E-state index in [4.69, 9.17) is 4.74 Å². The highest BCUT2D eigenvalue weighted by molar-refractivity contribution is 5.68. The molecule has 0 unspecified atom stereocenters. The molecule has 0 radical (unpaired) electrons. The number of benzene rings is 1. The highest BCUT2D eigenvalue weighted by atomic mass is 16.6. The molecule has 7 nitrogen and oxygen atoms in total. The number of pyridine rings is 1. The van der Waals surface area contributed by atoms with E-state index < -0.39 is 5.60 Å². The Morgan fingerprint density at radius 3 is 2.32 bits per heavy atom. The Morgan fingerprint density at radius 1 is 1.03 bits per heavy atom. The van der Waals surface area contributed by atoms with Crippen molar-refractivity contribution < 1.29 is 14.6 Å². The number of aryl methyl sites for hydroxylation is 2. The summed E-state index contributed by atoms with van der Waals surface area (Å²) in [4.78, 5) is 28.7. The van der Waals surface area contributed by atoms with E-state index in [0.29, 0.717) is 44.8 Å². The number of amides is 1. The van der Waals surface area contributed by atoms with E-state index in [-0.39, 0.29) is 17.4 Å². The van der Waals surface area contributed by atoms with Crippen molar-refractivity contribution in [1.82, 2.24) is 14.4 Å². The molecule has 2 aromatic rings. The first kappa shape index (κ1) is 22.9. The summed E-state index contributed by atoms with van der Waals surface area (Å²) in [5.74, 6) is -0.207. The number of nitrogens with zero attached hydrogens (tertiary/aromatic N) is 3. The Labute approximate surface area is 183 Å². The van der Waals surface area contributed by atoms with E-state index in [1.807, 2.05) is 46.8 Å². The van der Waals surface area contributed by atoms with E-state index in [2.05, 4.69) is 11.0 Å². The minimum absolute atomic E-state index is 0.207. The predicted molar refractivity (Wildman–Crippen MR) is 120 cm³/mol. The molecule has 1 fully saturated rings. The Balaban J connectivity index is 1.63. The van der Waals surface area contributed by atoms with Crippen LogP contribution in [0.5, 0.6) is 5.75 Å². The van der Waals surface area contributed by atoms with Gasteiger partial charge in [0.25, 0.3) is 5.56 Å². The third-order valence-corrected chi connectivity index (χ3v) is 5.48. The van der Waals surface area contributed by atoms with Crippen molar-refractivity contribution in [2.45, 2.75) is 53.3 Å². The van der Waals surface area contributed by atoms with Crippen molar-refractivity contribution in [3.8, 4) is 5.75 Å². The molecule has 31 heavy (non-hydrogen) atoms. The normalized spacial score (nSPS) is 15.2. The van der Waals surface area contributed by atoms with Gasteiger partial charge in [-0.1, -0.05) is 23.8 Å². The molecular formula is C24H33N3O4. The van der Waals surface area contributed by atoms with Crippen LogP contribution >= 0.6 is 0 Å². The van der Waals surface area contributed by atoms with Crippen LogP contribution in [0.2, 0.25) is 0 Å². The number of rotatable bonds is 4. The van der Waals surface area contributed by atoms with Gasteiger partial charge in [-0.05, 0) is 51.8 Å². The third kappa shape index (κ3) is 5.88. The van der Waals surface area contributed by atoms with Gasteiger partial charge in [0, 0.05) is 44.5 Å². The van der Waals surface area contributed by atoms with Gasteiger partial charge in [0.2, 0.25) is 0 Å². The van der Waals surface area contributed by atoms with Gasteiger partial charge in [0.1, 0.15) is 5.60 Å². The van der Waals surface area contributed by atoms with Crippen LogP contribution in [0, 0.1) is 13.8 Å². The maximum absolute atomic E-state index is 12.7. The molecule has 1 N–H and O–H groups in total. The van der Waals surface area contributed by atoms with Crippen LogP contribution in [0.4, 0.5) is 4.79 Å². The van der Waals surface area contributed by atoms with Crippen LogP contribution in [0.3, 0.4) is 0 Å². The fraction of sp³-hybridized carbons (Fsp3) is 0.500. The zero-order valence-electron chi connectivity index (χ0n) is 19.1. The number of piperazine rings is 1. The maximum atomic E-state index is 12.7. The van der Waals surface area contributed by atoms with Crippen LogP contribution in [-0.2, 0) is 17.8 Å². The van der Waals surface area contributed by atoms with Gasteiger partial charge in [0.05, 0.1) is 6.54 Å². The van der Waals surface area contributed by atoms with E-state index >= 15 is 0 Å². The van der Waals surface area contributed by atoms with Crippen LogP contribution in [0.1, 0.15) is 43.0 Å². The van der Waals surface area contributed by atoms with E-state index in [1.165, 1.54) is 10.1 Å². The molecule has 3 rings (SSSR count). The molecule has 7 heteroatoms. The van der Waals surface area contributed by atoms with Crippen molar-refractivity contribution in [3.63, 3.8) is 0 Å². The van der Waals surface area contributed by atoms with E-state index in [0.717, 1.165) is 11.1 Å². The van der Waals surface area contributed by atoms with Gasteiger partial charge >= 0.3 is 6.09 Å². The highest BCUT2D eigenvalue weighted by Crippen LogP contribution is 2.18. The van der Waals surface area contributed by atoms with Gasteiger partial charge in [-0.3, -0.25) is 9.69 Å². The molecule has 1 aromatic heterocycles. The molecule has 1 aliphatic heterocycles. The summed E-state index contributed by atoms with van der Waals surface area (Å²) in [6.07, 6.45) is 1.44. The molecule has 0 bridgehead atoms. The lowest BCUT2D eigenvalue weighted by molar-refractivity contribution is 0.0138. The summed E-state index contributed by atoms with van der Waals surface area (Å²) < 4.78 is 6.97. The highest BCUT2D eigenvalue weighted by Gasteiger charge is 2.26. The predicted octanol–water partition coefficient (Wildman–Crippen LogP) is 3.27. The molecule has 0 saturated carbocycles. The van der Waals surface area contributed by atoms with Crippen LogP contribution in [0.15, 0.2) is 35.3 Å². The second-order valence-corrected chi connectivity index (χ2v) is 9.30. The summed E-state index contributed by atoms with van der Waals surface area (Å²) >= 11 is 0. The summed E-state index contributed by atoms with van der Waals surface area (Å²) in [7, 11) is 0. The SMILES string of the molecule is Cc1ccc(Cn2ccc(CN3CCN(C(=O)OC(C)(C)C)CC3)c(O)c2=O)c(C)c1. The Kier molecular flexibility index (Phi) is 6.74. The van der Waals surface area contributed by atoms with Gasteiger partial charge in [-0.25, -0.2) is 4.79 Å². The van der Waals surface area contributed by atoms with Crippen LogP contribution in [-0.4, -0.2) is 57.3 Å². The standard InChI is InChI=1S/C24H33N3O4/c1-17-6-7-19(18(2)14-17)16-27-9-8-20(21(28)22(27)29)15-25-10-12-26(13-11-25)23(30)31-24(3,4)5/h6-9,14,28H,10-13,15-16H2,1-5H3. The average Bonchev–Trinajstić information content (AvgIpc) is 2.68. The minimum Gasteiger partial charge on any atom is -0.503 e. The Hall–Kier alpha value is -2.80. The first-order valence-corrected chi connectivity index (χ1v) is 10.7. The number of carbonyl (C=O) groups excluding carboxylic acids is 1. The number of hydrogen-bond acceptors (Lipinski definition) is 5. The lowest BCUT2D eigenvalue weighted by Crippen LogP contribution is -2.49. The zero-order valence-corrected chi connectivity index (χ0v) is 19.1. The van der Waals surface area contributed by atoms with Gasteiger partial charge < -0.3 is 19.3 Å². The molecule has 168 valence electrons. The van der Waals surface area contributed by atoms with Crippen molar-refractivity contribution in [2.24, 2.45) is 0 Å². The zero-order chi connectivity index (χ0) is 22.8. The largest absolute Gasteiger partial charge is 0.503 e. The van der Waals surface area contributed by atoms with Gasteiger partial charge in [-0.15, -0.1) is 0 Å². The third-order valence-electron chi connectivity index (χ3n) is 5.48. The van der Waals surface area contributed by atoms with Crippen molar-refractivity contribution in [2.75, 3.05) is 26.2 Å². The van der Waals surface area contributed by atoms with Crippen LogP contribution in [0.25, 0.3) is 0 Å². The molecule has 1 aromatic carbocycles. The molecule has 0 spiro atoms. The molecular weight excluding hydrogens is 394 g/mol. The molecule has 0 aliphatic carbocycles. The summed E-state index contributed by atoms with van der Waals surface area (Å²) in [5.41, 5.74) is 3.06. The Morgan fingerprint density at radius 2 is 1.71 bits per heavy atom. The van der Waals surface area contributed by atoms with Crippen molar-refractivity contribution in [1.29, 1.82) is 0 Å². The number of hydrogen-bond donors (Lipinski definition) is 1. The summed E-state index contributed by atoms with van der Waals surface area (Å²) in [6.45, 7) is 12.9. The number of aromatic hydroxyl groups is 1. The first-order valence-electron chi connectivity index (χ1n) is 10.7.